The number of hydrogen-bond acceptors (Lipinski definition) is 6. The first-order valence-corrected chi connectivity index (χ1v) is 9.60. The number of nitrogens with one attached hydrogen (secondary N) is 1. The van der Waals surface area contributed by atoms with Gasteiger partial charge in [-0.3, -0.25) is 10.1 Å². The maximum Gasteiger partial charge on any atom is 0.264 e. The Balaban J connectivity index is 1.67. The molecule has 2 aromatic carbocycles. The van der Waals surface area contributed by atoms with E-state index in [1.165, 1.54) is 12.1 Å². The molecule has 7 nitrogen and oxygen atoms in total. The van der Waals surface area contributed by atoms with Gasteiger partial charge in [-0.2, -0.15) is 0 Å². The molecule has 0 saturated heterocycles. The Kier molecular flexibility index (Phi) is 4.71. The summed E-state index contributed by atoms with van der Waals surface area (Å²) in [6.07, 6.45) is 0. The van der Waals surface area contributed by atoms with Crippen molar-refractivity contribution in [3.05, 3.63) is 48.0 Å². The number of fused-ring (bicyclic) bond motifs is 1. The number of carbonyl (C=O) groups is 1. The molecular formula is C16H15N3O4S2. The molecule has 0 bridgehead atoms. The lowest BCUT2D eigenvalue weighted by Crippen LogP contribution is -2.19. The van der Waals surface area contributed by atoms with Gasteiger partial charge in [0.1, 0.15) is 5.75 Å². The van der Waals surface area contributed by atoms with Crippen molar-refractivity contribution in [2.75, 3.05) is 11.9 Å². The smallest absolute Gasteiger partial charge is 0.264 e. The van der Waals surface area contributed by atoms with Gasteiger partial charge in [-0.05, 0) is 37.3 Å². The molecular weight excluding hydrogens is 362 g/mol. The van der Waals surface area contributed by atoms with Crippen molar-refractivity contribution in [2.24, 2.45) is 5.14 Å². The third-order valence-corrected chi connectivity index (χ3v) is 5.17. The normalized spacial score (nSPS) is 11.4. The Hall–Kier alpha value is -2.49. The molecule has 130 valence electrons. The zero-order valence-corrected chi connectivity index (χ0v) is 14.9. The number of aryl methyl sites for hydroxylation is 1. The average Bonchev–Trinajstić information content (AvgIpc) is 2.94. The number of hydrogen-bond donors (Lipinski definition) is 2. The summed E-state index contributed by atoms with van der Waals surface area (Å²) < 4.78 is 28.8. The summed E-state index contributed by atoms with van der Waals surface area (Å²) in [7, 11) is -3.78. The van der Waals surface area contributed by atoms with E-state index < -0.39 is 10.0 Å². The number of thiazole rings is 1. The average molecular weight is 377 g/mol. The number of nitrogens with zero attached hydrogens (tertiary/aromatic N) is 1. The lowest BCUT2D eigenvalue weighted by Gasteiger charge is -2.05. The quantitative estimate of drug-likeness (QED) is 0.708. The highest BCUT2D eigenvalue weighted by molar-refractivity contribution is 7.89. The van der Waals surface area contributed by atoms with Crippen LogP contribution < -0.4 is 15.2 Å². The number of rotatable bonds is 5. The molecule has 3 rings (SSSR count). The molecule has 3 N–H and O–H groups in total. The second-order valence-corrected chi connectivity index (χ2v) is 7.94. The van der Waals surface area contributed by atoms with Crippen molar-refractivity contribution in [2.45, 2.75) is 11.8 Å². The standard InChI is InChI=1S/C16H15N3O4S2/c1-10-2-4-11(5-3-10)23-9-15(20)19-16-18-13-7-6-12(25(17,21)22)8-14(13)24-16/h2-8H,9H2,1H3,(H2,17,21,22)(H,18,19,20). The molecule has 1 amide bonds. The Morgan fingerprint density at radius 3 is 2.64 bits per heavy atom. The van der Waals surface area contributed by atoms with Crippen LogP contribution in [0.5, 0.6) is 5.75 Å². The van der Waals surface area contributed by atoms with Crippen LogP contribution in [0.4, 0.5) is 5.13 Å². The molecule has 0 aliphatic heterocycles. The first kappa shape index (κ1) is 17.3. The Morgan fingerprint density at radius 2 is 1.96 bits per heavy atom. The fourth-order valence-electron chi connectivity index (χ4n) is 2.07. The lowest BCUT2D eigenvalue weighted by atomic mass is 10.2. The fraction of sp³-hybridized carbons (Fsp3) is 0.125. The van der Waals surface area contributed by atoms with Gasteiger partial charge in [0.25, 0.3) is 5.91 Å². The highest BCUT2D eigenvalue weighted by atomic mass is 32.2. The fourth-order valence-corrected chi connectivity index (χ4v) is 3.61. The first-order chi connectivity index (χ1) is 11.8. The van der Waals surface area contributed by atoms with Crippen molar-refractivity contribution >= 4 is 42.6 Å². The van der Waals surface area contributed by atoms with Gasteiger partial charge < -0.3 is 4.74 Å². The monoisotopic (exact) mass is 377 g/mol. The number of sulfonamides is 1. The van der Waals surface area contributed by atoms with Gasteiger partial charge in [0.2, 0.25) is 10.0 Å². The Morgan fingerprint density at radius 1 is 1.24 bits per heavy atom. The number of nitrogens with two attached hydrogens (primary N) is 1. The van der Waals surface area contributed by atoms with Gasteiger partial charge >= 0.3 is 0 Å². The molecule has 0 unspecified atom stereocenters. The summed E-state index contributed by atoms with van der Waals surface area (Å²) in [5.74, 6) is 0.245. The van der Waals surface area contributed by atoms with E-state index in [9.17, 15) is 13.2 Å². The van der Waals surface area contributed by atoms with Crippen molar-refractivity contribution < 1.29 is 17.9 Å². The molecule has 0 saturated carbocycles. The summed E-state index contributed by atoms with van der Waals surface area (Å²) in [4.78, 5) is 16.2. The topological polar surface area (TPSA) is 111 Å². The van der Waals surface area contributed by atoms with E-state index in [0.29, 0.717) is 21.1 Å². The first-order valence-electron chi connectivity index (χ1n) is 7.24. The molecule has 0 radical (unpaired) electrons. The predicted octanol–water partition coefficient (Wildman–Crippen LogP) is 2.27. The van der Waals surface area contributed by atoms with E-state index >= 15 is 0 Å². The second-order valence-electron chi connectivity index (χ2n) is 5.34. The number of aromatic nitrogens is 1. The van der Waals surface area contributed by atoms with Crippen LogP contribution in [0.1, 0.15) is 5.56 Å². The van der Waals surface area contributed by atoms with Gasteiger partial charge in [0.05, 0.1) is 15.1 Å². The van der Waals surface area contributed by atoms with E-state index in [1.54, 1.807) is 18.2 Å². The maximum absolute atomic E-state index is 12.0. The number of benzene rings is 2. The minimum absolute atomic E-state index is 0.00392. The van der Waals surface area contributed by atoms with Crippen LogP contribution in [0, 0.1) is 6.92 Å². The molecule has 1 aromatic heterocycles. The summed E-state index contributed by atoms with van der Waals surface area (Å²) in [5.41, 5.74) is 1.68. The minimum Gasteiger partial charge on any atom is -0.484 e. The van der Waals surface area contributed by atoms with E-state index in [0.717, 1.165) is 16.9 Å². The third kappa shape index (κ3) is 4.32. The van der Waals surface area contributed by atoms with Crippen LogP contribution in [-0.4, -0.2) is 25.9 Å². The predicted molar refractivity (Wildman–Crippen MR) is 96.3 cm³/mol. The SMILES string of the molecule is Cc1ccc(OCC(=O)Nc2nc3ccc(S(N)(=O)=O)cc3s2)cc1. The van der Waals surface area contributed by atoms with Gasteiger partial charge in [-0.15, -0.1) is 0 Å². The maximum atomic E-state index is 12.0. The largest absolute Gasteiger partial charge is 0.484 e. The van der Waals surface area contributed by atoms with E-state index in [-0.39, 0.29) is 17.4 Å². The van der Waals surface area contributed by atoms with Crippen LogP contribution >= 0.6 is 11.3 Å². The number of primary sulfonamides is 1. The molecule has 3 aromatic rings. The zero-order chi connectivity index (χ0) is 18.0. The zero-order valence-electron chi connectivity index (χ0n) is 13.2. The van der Waals surface area contributed by atoms with Crippen molar-refractivity contribution in [3.8, 4) is 5.75 Å². The highest BCUT2D eigenvalue weighted by Crippen LogP contribution is 2.27. The summed E-state index contributed by atoms with van der Waals surface area (Å²) in [6, 6.07) is 11.7. The summed E-state index contributed by atoms with van der Waals surface area (Å²) in [5, 5.41) is 8.10. The van der Waals surface area contributed by atoms with Crippen LogP contribution in [0.2, 0.25) is 0 Å². The Bertz CT molecular complexity index is 1030. The summed E-state index contributed by atoms with van der Waals surface area (Å²) in [6.45, 7) is 1.81. The number of amides is 1. The van der Waals surface area contributed by atoms with Crippen LogP contribution in [-0.2, 0) is 14.8 Å². The van der Waals surface area contributed by atoms with Crippen LogP contribution in [0.3, 0.4) is 0 Å². The molecule has 9 heteroatoms. The molecule has 1 heterocycles. The van der Waals surface area contributed by atoms with E-state index in [4.69, 9.17) is 9.88 Å². The minimum atomic E-state index is -3.78. The second kappa shape index (κ2) is 6.79. The van der Waals surface area contributed by atoms with Gasteiger partial charge in [0.15, 0.2) is 11.7 Å². The van der Waals surface area contributed by atoms with Crippen LogP contribution in [0.25, 0.3) is 10.2 Å². The third-order valence-electron chi connectivity index (χ3n) is 3.33. The van der Waals surface area contributed by atoms with Crippen molar-refractivity contribution in [3.63, 3.8) is 0 Å². The van der Waals surface area contributed by atoms with Crippen molar-refractivity contribution in [1.82, 2.24) is 4.98 Å². The van der Waals surface area contributed by atoms with Crippen LogP contribution in [0.15, 0.2) is 47.4 Å². The van der Waals surface area contributed by atoms with Crippen molar-refractivity contribution in [1.29, 1.82) is 0 Å². The number of ether oxygens (including phenoxy) is 1. The Labute approximate surface area is 148 Å². The van der Waals surface area contributed by atoms with E-state index in [2.05, 4.69) is 10.3 Å². The molecule has 0 aliphatic rings. The summed E-state index contributed by atoms with van der Waals surface area (Å²) >= 11 is 1.16. The molecule has 0 aliphatic carbocycles. The molecule has 0 fully saturated rings. The number of carbonyl (C=O) groups excluding carboxylic acids is 1. The van der Waals surface area contributed by atoms with E-state index in [1.807, 2.05) is 19.1 Å². The van der Waals surface area contributed by atoms with Gasteiger partial charge in [0, 0.05) is 0 Å². The number of anilines is 1. The molecule has 0 spiro atoms. The van der Waals surface area contributed by atoms with Gasteiger partial charge in [-0.25, -0.2) is 18.5 Å². The molecule has 0 atom stereocenters. The lowest BCUT2D eigenvalue weighted by molar-refractivity contribution is -0.118. The van der Waals surface area contributed by atoms with Gasteiger partial charge in [-0.1, -0.05) is 29.0 Å². The highest BCUT2D eigenvalue weighted by Gasteiger charge is 2.12. The molecule has 25 heavy (non-hydrogen) atoms.